The van der Waals surface area contributed by atoms with Gasteiger partial charge in [0.1, 0.15) is 0 Å². The summed E-state index contributed by atoms with van der Waals surface area (Å²) < 4.78 is 2.09. The number of hydrogen-bond acceptors (Lipinski definition) is 2. The average Bonchev–Trinajstić information content (AvgIpc) is 2.36. The molecule has 0 aliphatic rings. The first-order valence-corrected chi connectivity index (χ1v) is 4.54. The second-order valence-corrected chi connectivity index (χ2v) is 3.27. The van der Waals surface area contributed by atoms with Crippen molar-refractivity contribution in [3.8, 4) is 0 Å². The average molecular weight is 182 g/mol. The highest BCUT2D eigenvalue weighted by Crippen LogP contribution is 2.07. The lowest BCUT2D eigenvalue weighted by Gasteiger charge is -2.05. The summed E-state index contributed by atoms with van der Waals surface area (Å²) in [6.45, 7) is 8.80. The van der Waals surface area contributed by atoms with Gasteiger partial charge in [0.2, 0.25) is 0 Å². The summed E-state index contributed by atoms with van der Waals surface area (Å²) in [6, 6.07) is 0. The van der Waals surface area contributed by atoms with Crippen molar-refractivity contribution in [1.82, 2.24) is 9.55 Å². The standard InChI is InChI=1S/C9H14N2S/c1-7(5-12)4-11-6-10-8(2)9(11)3/h6,12H,1,4-5H2,2-3H3. The highest BCUT2D eigenvalue weighted by molar-refractivity contribution is 7.80. The molecule has 0 aliphatic heterocycles. The lowest BCUT2D eigenvalue weighted by Crippen LogP contribution is -2.02. The van der Waals surface area contributed by atoms with Crippen molar-refractivity contribution < 1.29 is 0 Å². The fourth-order valence-electron chi connectivity index (χ4n) is 0.994. The van der Waals surface area contributed by atoms with E-state index in [2.05, 4.69) is 35.7 Å². The van der Waals surface area contributed by atoms with Crippen LogP contribution in [0.15, 0.2) is 18.5 Å². The molecule has 12 heavy (non-hydrogen) atoms. The first-order valence-electron chi connectivity index (χ1n) is 3.91. The molecule has 1 aromatic heterocycles. The molecule has 0 aromatic carbocycles. The predicted molar refractivity (Wildman–Crippen MR) is 54.7 cm³/mol. The van der Waals surface area contributed by atoms with E-state index < -0.39 is 0 Å². The first kappa shape index (κ1) is 9.39. The molecule has 0 unspecified atom stereocenters. The van der Waals surface area contributed by atoms with Crippen molar-refractivity contribution in [2.24, 2.45) is 0 Å². The van der Waals surface area contributed by atoms with Gasteiger partial charge in [0.15, 0.2) is 0 Å². The third-order valence-electron chi connectivity index (χ3n) is 1.96. The third-order valence-corrected chi connectivity index (χ3v) is 2.41. The molecule has 0 bridgehead atoms. The normalized spacial score (nSPS) is 10.2. The zero-order valence-electron chi connectivity index (χ0n) is 7.54. The Balaban J connectivity index is 2.76. The van der Waals surface area contributed by atoms with E-state index in [9.17, 15) is 0 Å². The second kappa shape index (κ2) is 3.81. The number of rotatable bonds is 3. The minimum atomic E-state index is 0.733. The lowest BCUT2D eigenvalue weighted by molar-refractivity contribution is 0.760. The van der Waals surface area contributed by atoms with Crippen LogP contribution in [0.1, 0.15) is 11.4 Å². The fraction of sp³-hybridized carbons (Fsp3) is 0.444. The zero-order valence-corrected chi connectivity index (χ0v) is 8.43. The van der Waals surface area contributed by atoms with Gasteiger partial charge >= 0.3 is 0 Å². The second-order valence-electron chi connectivity index (χ2n) is 2.95. The largest absolute Gasteiger partial charge is 0.331 e. The van der Waals surface area contributed by atoms with E-state index in [4.69, 9.17) is 0 Å². The predicted octanol–water partition coefficient (Wildman–Crippen LogP) is 1.99. The van der Waals surface area contributed by atoms with Crippen molar-refractivity contribution in [2.75, 3.05) is 5.75 Å². The van der Waals surface area contributed by atoms with Crippen LogP contribution in [0.2, 0.25) is 0 Å². The third kappa shape index (κ3) is 1.91. The maximum Gasteiger partial charge on any atom is 0.0954 e. The molecule has 0 saturated heterocycles. The molecule has 3 heteroatoms. The van der Waals surface area contributed by atoms with Crippen LogP contribution >= 0.6 is 12.6 Å². The van der Waals surface area contributed by atoms with Gasteiger partial charge in [-0.15, -0.1) is 0 Å². The van der Waals surface area contributed by atoms with Crippen molar-refractivity contribution >= 4 is 12.6 Å². The molecule has 1 rings (SSSR count). The molecule has 0 aliphatic carbocycles. The van der Waals surface area contributed by atoms with Gasteiger partial charge in [-0.05, 0) is 19.4 Å². The SMILES string of the molecule is C=C(CS)Cn1cnc(C)c1C. The Morgan fingerprint density at radius 2 is 2.33 bits per heavy atom. The van der Waals surface area contributed by atoms with Gasteiger partial charge < -0.3 is 4.57 Å². The van der Waals surface area contributed by atoms with Crippen LogP contribution < -0.4 is 0 Å². The summed E-state index contributed by atoms with van der Waals surface area (Å²) in [7, 11) is 0. The summed E-state index contributed by atoms with van der Waals surface area (Å²) in [4.78, 5) is 4.20. The van der Waals surface area contributed by atoms with Gasteiger partial charge in [0.05, 0.1) is 12.0 Å². The molecular weight excluding hydrogens is 168 g/mol. The molecule has 0 amide bonds. The van der Waals surface area contributed by atoms with Gasteiger partial charge in [0.25, 0.3) is 0 Å². The van der Waals surface area contributed by atoms with Crippen molar-refractivity contribution in [1.29, 1.82) is 0 Å². The Hall–Kier alpha value is -0.700. The van der Waals surface area contributed by atoms with E-state index in [0.29, 0.717) is 0 Å². The van der Waals surface area contributed by atoms with Gasteiger partial charge in [-0.25, -0.2) is 4.98 Å². The Morgan fingerprint density at radius 3 is 2.75 bits per heavy atom. The van der Waals surface area contributed by atoms with Crippen LogP contribution in [0.4, 0.5) is 0 Å². The van der Waals surface area contributed by atoms with E-state index in [0.717, 1.165) is 23.6 Å². The number of hydrogen-bond donors (Lipinski definition) is 1. The maximum absolute atomic E-state index is 4.20. The van der Waals surface area contributed by atoms with Crippen LogP contribution in [0.3, 0.4) is 0 Å². The van der Waals surface area contributed by atoms with Gasteiger partial charge in [0, 0.05) is 18.0 Å². The molecule has 0 N–H and O–H groups in total. The summed E-state index contributed by atoms with van der Waals surface area (Å²) >= 11 is 4.15. The lowest BCUT2D eigenvalue weighted by atomic mass is 10.3. The molecule has 66 valence electrons. The quantitative estimate of drug-likeness (QED) is 0.559. The smallest absolute Gasteiger partial charge is 0.0954 e. The molecule has 0 spiro atoms. The van der Waals surface area contributed by atoms with E-state index >= 15 is 0 Å². The summed E-state index contributed by atoms with van der Waals surface area (Å²) in [6.07, 6.45) is 1.85. The van der Waals surface area contributed by atoms with Crippen LogP contribution in [0.5, 0.6) is 0 Å². The van der Waals surface area contributed by atoms with Gasteiger partial charge in [-0.2, -0.15) is 12.6 Å². The van der Waals surface area contributed by atoms with E-state index in [1.165, 1.54) is 5.69 Å². The van der Waals surface area contributed by atoms with Crippen molar-refractivity contribution in [2.45, 2.75) is 20.4 Å². The molecule has 2 nitrogen and oxygen atoms in total. The minimum Gasteiger partial charge on any atom is -0.331 e. The van der Waals surface area contributed by atoms with Crippen LogP contribution in [-0.2, 0) is 6.54 Å². The minimum absolute atomic E-state index is 0.733. The van der Waals surface area contributed by atoms with Gasteiger partial charge in [-0.3, -0.25) is 0 Å². The monoisotopic (exact) mass is 182 g/mol. The van der Waals surface area contributed by atoms with Gasteiger partial charge in [-0.1, -0.05) is 6.58 Å². The molecule has 0 radical (unpaired) electrons. The molecule has 0 fully saturated rings. The number of aromatic nitrogens is 2. The van der Waals surface area contributed by atoms with Crippen LogP contribution in [-0.4, -0.2) is 15.3 Å². The first-order chi connectivity index (χ1) is 5.65. The van der Waals surface area contributed by atoms with E-state index in [1.54, 1.807) is 0 Å². The molecule has 1 aromatic rings. The highest BCUT2D eigenvalue weighted by Gasteiger charge is 2.01. The fourth-order valence-corrected chi connectivity index (χ4v) is 1.09. The molecule has 1 heterocycles. The van der Waals surface area contributed by atoms with Crippen LogP contribution in [0, 0.1) is 13.8 Å². The van der Waals surface area contributed by atoms with Crippen molar-refractivity contribution in [3.63, 3.8) is 0 Å². The Morgan fingerprint density at radius 1 is 1.67 bits per heavy atom. The van der Waals surface area contributed by atoms with Crippen LogP contribution in [0.25, 0.3) is 0 Å². The summed E-state index contributed by atoms with van der Waals surface area (Å²) in [5.41, 5.74) is 3.40. The van der Waals surface area contributed by atoms with E-state index in [-0.39, 0.29) is 0 Å². The summed E-state index contributed by atoms with van der Waals surface area (Å²) in [5, 5.41) is 0. The maximum atomic E-state index is 4.20. The number of aryl methyl sites for hydroxylation is 1. The zero-order chi connectivity index (χ0) is 9.14. The Kier molecular flexibility index (Phi) is 2.98. The van der Waals surface area contributed by atoms with Crippen molar-refractivity contribution in [3.05, 3.63) is 29.9 Å². The Labute approximate surface area is 78.7 Å². The summed E-state index contributed by atoms with van der Waals surface area (Å²) in [5.74, 6) is 0.733. The molecular formula is C9H14N2S. The molecule has 0 atom stereocenters. The molecule has 0 saturated carbocycles. The number of thiol groups is 1. The number of nitrogens with zero attached hydrogens (tertiary/aromatic N) is 2. The number of imidazole rings is 1. The topological polar surface area (TPSA) is 17.8 Å². The Bertz CT molecular complexity index is 289. The van der Waals surface area contributed by atoms with E-state index in [1.807, 2.05) is 13.3 Å². The highest BCUT2D eigenvalue weighted by atomic mass is 32.1.